The Bertz CT molecular complexity index is 846. The Hall–Kier alpha value is -2.13. The summed E-state index contributed by atoms with van der Waals surface area (Å²) in [6, 6.07) is 0. The first-order valence-electron chi connectivity index (χ1n) is 12.5. The highest BCUT2D eigenvalue weighted by Crippen LogP contribution is 2.59. The van der Waals surface area contributed by atoms with Crippen LogP contribution in [0.2, 0.25) is 0 Å². The van der Waals surface area contributed by atoms with Crippen LogP contribution in [0.3, 0.4) is 0 Å². The number of hydrogen-bond acceptors (Lipinski definition) is 6. The SMILES string of the molecule is CCCC1CC=CCC1CCCC(=O)OC1C2CC3C1OC(=O)C3C2C(=O)OCC(F)(F)C(F)F. The molecule has 1 aliphatic heterocycles. The second-order valence-electron chi connectivity index (χ2n) is 10.3. The number of alkyl halides is 4. The molecule has 2 bridgehead atoms. The minimum absolute atomic E-state index is 0.187. The Balaban J connectivity index is 1.32. The summed E-state index contributed by atoms with van der Waals surface area (Å²) in [7, 11) is 0. The number of carbonyl (C=O) groups is 3. The number of halogens is 4. The number of fused-ring (bicyclic) bond motifs is 1. The van der Waals surface area contributed by atoms with E-state index in [2.05, 4.69) is 23.8 Å². The lowest BCUT2D eigenvalue weighted by molar-refractivity contribution is -0.187. The molecule has 0 spiro atoms. The molecule has 2 saturated carbocycles. The van der Waals surface area contributed by atoms with Gasteiger partial charge >= 0.3 is 30.3 Å². The minimum Gasteiger partial charge on any atom is -0.459 e. The molecule has 0 radical (unpaired) electrons. The van der Waals surface area contributed by atoms with Crippen LogP contribution < -0.4 is 0 Å². The van der Waals surface area contributed by atoms with E-state index in [9.17, 15) is 31.9 Å². The molecule has 10 heteroatoms. The van der Waals surface area contributed by atoms with Gasteiger partial charge in [0.15, 0.2) is 6.61 Å². The molecule has 8 atom stereocenters. The summed E-state index contributed by atoms with van der Waals surface area (Å²) >= 11 is 0. The number of carbonyl (C=O) groups excluding carboxylic acids is 3. The van der Waals surface area contributed by atoms with E-state index in [1.807, 2.05) is 0 Å². The van der Waals surface area contributed by atoms with Gasteiger partial charge in [-0.05, 0) is 43.9 Å². The lowest BCUT2D eigenvalue weighted by Crippen LogP contribution is -2.44. The smallest absolute Gasteiger partial charge is 0.340 e. The lowest BCUT2D eigenvalue weighted by Gasteiger charge is -2.31. The first-order chi connectivity index (χ1) is 16.6. The summed E-state index contributed by atoms with van der Waals surface area (Å²) in [5, 5.41) is 0. The van der Waals surface area contributed by atoms with E-state index in [0.29, 0.717) is 24.7 Å². The molecule has 0 amide bonds. The van der Waals surface area contributed by atoms with Crippen LogP contribution in [0.5, 0.6) is 0 Å². The summed E-state index contributed by atoms with van der Waals surface area (Å²) in [6.07, 6.45) is 5.29. The standard InChI is InChI=1S/C25H32F4O6/c1-2-6-13-7-3-4-8-14(13)9-5-10-17(30)34-20-15-11-16-19(23(32)35-21(16)20)18(15)22(31)33-12-25(28,29)24(26)27/h3-4,13-16,18-21,24H,2,5-12H2,1H3. The highest BCUT2D eigenvalue weighted by molar-refractivity contribution is 5.86. The van der Waals surface area contributed by atoms with E-state index >= 15 is 0 Å². The van der Waals surface area contributed by atoms with Crippen molar-refractivity contribution in [1.29, 1.82) is 0 Å². The molecule has 1 saturated heterocycles. The molecular formula is C25H32F4O6. The summed E-state index contributed by atoms with van der Waals surface area (Å²) < 4.78 is 66.8. The van der Waals surface area contributed by atoms with Gasteiger partial charge in [-0.3, -0.25) is 14.4 Å². The zero-order valence-corrected chi connectivity index (χ0v) is 19.7. The Kier molecular flexibility index (Phi) is 7.76. The van der Waals surface area contributed by atoms with Crippen LogP contribution in [0.25, 0.3) is 0 Å². The van der Waals surface area contributed by atoms with Crippen LogP contribution in [0.15, 0.2) is 12.2 Å². The minimum atomic E-state index is -4.48. The first kappa shape index (κ1) is 25.9. The summed E-state index contributed by atoms with van der Waals surface area (Å²) in [6.45, 7) is 0.387. The van der Waals surface area contributed by atoms with Crippen LogP contribution in [-0.4, -0.2) is 49.1 Å². The van der Waals surface area contributed by atoms with Crippen molar-refractivity contribution in [2.24, 2.45) is 35.5 Å². The van der Waals surface area contributed by atoms with E-state index < -0.39 is 66.8 Å². The van der Waals surface area contributed by atoms with Gasteiger partial charge in [0.1, 0.15) is 12.2 Å². The fourth-order valence-corrected chi connectivity index (χ4v) is 6.52. The third-order valence-corrected chi connectivity index (χ3v) is 8.14. The van der Waals surface area contributed by atoms with Crippen molar-refractivity contribution in [2.45, 2.75) is 82.8 Å². The molecule has 35 heavy (non-hydrogen) atoms. The van der Waals surface area contributed by atoms with Crippen LogP contribution >= 0.6 is 0 Å². The average Bonchev–Trinajstić information content (AvgIpc) is 3.43. The quantitative estimate of drug-likeness (QED) is 0.176. The first-order valence-corrected chi connectivity index (χ1v) is 12.5. The number of allylic oxidation sites excluding steroid dienone is 2. The Morgan fingerprint density at radius 2 is 1.83 bits per heavy atom. The van der Waals surface area contributed by atoms with E-state index in [1.54, 1.807) is 0 Å². The number of hydrogen-bond donors (Lipinski definition) is 0. The second kappa shape index (κ2) is 10.5. The van der Waals surface area contributed by atoms with Crippen molar-refractivity contribution in [3.63, 3.8) is 0 Å². The maximum absolute atomic E-state index is 13.2. The normalized spacial score (nSPS) is 35.4. The maximum Gasteiger partial charge on any atom is 0.340 e. The molecule has 0 N–H and O–H groups in total. The van der Waals surface area contributed by atoms with Crippen LogP contribution in [0.4, 0.5) is 17.6 Å². The van der Waals surface area contributed by atoms with E-state index in [0.717, 1.165) is 32.1 Å². The molecule has 0 aromatic rings. The molecule has 4 rings (SSSR count). The van der Waals surface area contributed by atoms with Gasteiger partial charge in [0.2, 0.25) is 0 Å². The lowest BCUT2D eigenvalue weighted by atomic mass is 9.77. The number of rotatable bonds is 11. The molecule has 8 unspecified atom stereocenters. The average molecular weight is 505 g/mol. The van der Waals surface area contributed by atoms with Crippen LogP contribution in [-0.2, 0) is 28.6 Å². The molecule has 6 nitrogen and oxygen atoms in total. The third kappa shape index (κ3) is 5.21. The van der Waals surface area contributed by atoms with Crippen molar-refractivity contribution in [2.75, 3.05) is 6.61 Å². The van der Waals surface area contributed by atoms with E-state index in [4.69, 9.17) is 9.47 Å². The molecule has 3 fully saturated rings. The van der Waals surface area contributed by atoms with Gasteiger partial charge in [-0.2, -0.15) is 8.78 Å². The van der Waals surface area contributed by atoms with Crippen molar-refractivity contribution in [3.8, 4) is 0 Å². The van der Waals surface area contributed by atoms with Gasteiger partial charge in [0.25, 0.3) is 0 Å². The Morgan fingerprint density at radius 3 is 2.49 bits per heavy atom. The van der Waals surface area contributed by atoms with Gasteiger partial charge < -0.3 is 14.2 Å². The summed E-state index contributed by atoms with van der Waals surface area (Å²) in [5.41, 5.74) is 0. The van der Waals surface area contributed by atoms with Crippen molar-refractivity contribution >= 4 is 17.9 Å². The van der Waals surface area contributed by atoms with Gasteiger partial charge in [0, 0.05) is 18.3 Å². The topological polar surface area (TPSA) is 78.9 Å². The number of ether oxygens (including phenoxy) is 3. The number of esters is 3. The van der Waals surface area contributed by atoms with Crippen molar-refractivity contribution < 1.29 is 46.2 Å². The molecule has 0 aromatic heterocycles. The van der Waals surface area contributed by atoms with Gasteiger partial charge in [-0.25, -0.2) is 8.78 Å². The highest BCUT2D eigenvalue weighted by Gasteiger charge is 2.70. The maximum atomic E-state index is 13.2. The Morgan fingerprint density at radius 1 is 1.14 bits per heavy atom. The molecule has 0 aromatic carbocycles. The molecule has 1 heterocycles. The molecular weight excluding hydrogens is 472 g/mol. The van der Waals surface area contributed by atoms with Crippen LogP contribution in [0.1, 0.15) is 58.3 Å². The predicted octanol–water partition coefficient (Wildman–Crippen LogP) is 4.70. The van der Waals surface area contributed by atoms with Gasteiger partial charge in [-0.15, -0.1) is 0 Å². The third-order valence-electron chi connectivity index (χ3n) is 8.14. The molecule has 196 valence electrons. The van der Waals surface area contributed by atoms with Gasteiger partial charge in [-0.1, -0.05) is 31.9 Å². The second-order valence-corrected chi connectivity index (χ2v) is 10.3. The summed E-state index contributed by atoms with van der Waals surface area (Å²) in [4.78, 5) is 37.5. The summed E-state index contributed by atoms with van der Waals surface area (Å²) in [5.74, 6) is -8.69. The largest absolute Gasteiger partial charge is 0.459 e. The monoisotopic (exact) mass is 504 g/mol. The van der Waals surface area contributed by atoms with Crippen molar-refractivity contribution in [3.05, 3.63) is 12.2 Å². The van der Waals surface area contributed by atoms with Crippen molar-refractivity contribution in [1.82, 2.24) is 0 Å². The zero-order chi connectivity index (χ0) is 25.3. The predicted molar refractivity (Wildman–Crippen MR) is 114 cm³/mol. The molecule has 4 aliphatic rings. The van der Waals surface area contributed by atoms with Crippen LogP contribution in [0, 0.1) is 35.5 Å². The Labute approximate surface area is 201 Å². The van der Waals surface area contributed by atoms with E-state index in [-0.39, 0.29) is 12.3 Å². The van der Waals surface area contributed by atoms with Gasteiger partial charge in [0.05, 0.1) is 11.8 Å². The fraction of sp³-hybridized carbons (Fsp3) is 0.800. The van der Waals surface area contributed by atoms with E-state index in [1.165, 1.54) is 0 Å². The fourth-order valence-electron chi connectivity index (χ4n) is 6.52. The molecule has 3 aliphatic carbocycles. The zero-order valence-electron chi connectivity index (χ0n) is 19.7. The highest BCUT2D eigenvalue weighted by atomic mass is 19.3.